The standard InChI is InChI=1S/C29H34N4O4/c1-20-19-30-33(27(20)31-28(36)37-21(2)22-6-4-3-5-7-22)25-10-8-24(9-11-25)32-16-12-23(13-17-32)29(14-15-29)18-26(34)35/h3-11,19,21,23H,12-18H2,1-2H3,(H,31,36)(H,34,35). The molecule has 0 bridgehead atoms. The molecule has 194 valence electrons. The third-order valence-corrected chi connectivity index (χ3v) is 7.94. The normalized spacial score (nSPS) is 17.7. The zero-order valence-electron chi connectivity index (χ0n) is 21.4. The molecule has 37 heavy (non-hydrogen) atoms. The summed E-state index contributed by atoms with van der Waals surface area (Å²) < 4.78 is 7.29. The first-order chi connectivity index (χ1) is 17.8. The number of anilines is 2. The van der Waals surface area contributed by atoms with Crippen LogP contribution >= 0.6 is 0 Å². The van der Waals surface area contributed by atoms with Crippen molar-refractivity contribution in [3.63, 3.8) is 0 Å². The molecule has 2 N–H and O–H groups in total. The maximum Gasteiger partial charge on any atom is 0.413 e. The molecular formula is C29H34N4O4. The van der Waals surface area contributed by atoms with Crippen LogP contribution in [0.5, 0.6) is 0 Å². The first-order valence-electron chi connectivity index (χ1n) is 13.0. The number of carbonyl (C=O) groups is 2. The maximum absolute atomic E-state index is 12.6. The van der Waals surface area contributed by atoms with Gasteiger partial charge in [0.2, 0.25) is 0 Å². The number of aromatic nitrogens is 2. The van der Waals surface area contributed by atoms with Gasteiger partial charge in [0.15, 0.2) is 0 Å². The van der Waals surface area contributed by atoms with E-state index < -0.39 is 12.1 Å². The van der Waals surface area contributed by atoms with Crippen LogP contribution in [0.3, 0.4) is 0 Å². The molecule has 1 saturated carbocycles. The van der Waals surface area contributed by atoms with E-state index in [1.54, 1.807) is 10.9 Å². The van der Waals surface area contributed by atoms with Crippen LogP contribution < -0.4 is 10.2 Å². The monoisotopic (exact) mass is 502 g/mol. The summed E-state index contributed by atoms with van der Waals surface area (Å²) in [5, 5.41) is 16.6. The number of ether oxygens (including phenoxy) is 1. The Morgan fingerprint density at radius 3 is 2.35 bits per heavy atom. The van der Waals surface area contributed by atoms with E-state index in [-0.39, 0.29) is 11.5 Å². The lowest BCUT2D eigenvalue weighted by Gasteiger charge is -2.37. The second kappa shape index (κ2) is 10.3. The van der Waals surface area contributed by atoms with Gasteiger partial charge in [0, 0.05) is 24.3 Å². The molecule has 1 aromatic heterocycles. The van der Waals surface area contributed by atoms with E-state index in [0.717, 1.165) is 61.3 Å². The van der Waals surface area contributed by atoms with Crippen LogP contribution in [0.2, 0.25) is 0 Å². The number of carbonyl (C=O) groups excluding carboxylic acids is 1. The molecule has 0 spiro atoms. The summed E-state index contributed by atoms with van der Waals surface area (Å²) in [4.78, 5) is 26.3. The lowest BCUT2D eigenvalue weighted by atomic mass is 9.79. The molecule has 1 unspecified atom stereocenters. The van der Waals surface area contributed by atoms with E-state index in [2.05, 4.69) is 27.4 Å². The summed E-state index contributed by atoms with van der Waals surface area (Å²) in [6, 6.07) is 17.8. The summed E-state index contributed by atoms with van der Waals surface area (Å²) >= 11 is 0. The lowest BCUT2D eigenvalue weighted by molar-refractivity contribution is -0.139. The van der Waals surface area contributed by atoms with Crippen LogP contribution in [0.4, 0.5) is 16.3 Å². The fraction of sp³-hybridized carbons (Fsp3) is 0.414. The summed E-state index contributed by atoms with van der Waals surface area (Å²) in [5.74, 6) is 0.411. The summed E-state index contributed by atoms with van der Waals surface area (Å²) in [6.07, 6.45) is 5.30. The number of aryl methyl sites for hydroxylation is 1. The van der Waals surface area contributed by atoms with Crippen LogP contribution in [0, 0.1) is 18.3 Å². The fourth-order valence-electron chi connectivity index (χ4n) is 5.60. The van der Waals surface area contributed by atoms with Crippen molar-refractivity contribution in [3.05, 3.63) is 71.9 Å². The average Bonchev–Trinajstić information content (AvgIpc) is 3.59. The summed E-state index contributed by atoms with van der Waals surface area (Å²) in [5.41, 5.74) is 3.79. The highest BCUT2D eigenvalue weighted by Crippen LogP contribution is 2.57. The minimum absolute atomic E-state index is 0.0448. The highest BCUT2D eigenvalue weighted by molar-refractivity contribution is 5.85. The zero-order valence-corrected chi connectivity index (χ0v) is 21.4. The third kappa shape index (κ3) is 5.48. The van der Waals surface area contributed by atoms with E-state index in [1.165, 1.54) is 0 Å². The van der Waals surface area contributed by atoms with Crippen LogP contribution in [0.1, 0.15) is 56.3 Å². The first kappa shape index (κ1) is 24.9. The molecule has 1 amide bonds. The molecule has 3 aromatic rings. The SMILES string of the molecule is Cc1cnn(-c2ccc(N3CCC(C4(CC(=O)O)CC4)CC3)cc2)c1NC(=O)OC(C)c1ccccc1. The molecule has 8 heteroatoms. The van der Waals surface area contributed by atoms with Crippen molar-refractivity contribution in [2.75, 3.05) is 23.3 Å². The second-order valence-corrected chi connectivity index (χ2v) is 10.4. The molecule has 1 saturated heterocycles. The van der Waals surface area contributed by atoms with Crippen LogP contribution in [0.15, 0.2) is 60.8 Å². The Kier molecular flexibility index (Phi) is 6.91. The lowest BCUT2D eigenvalue weighted by Crippen LogP contribution is -2.37. The predicted molar refractivity (Wildman–Crippen MR) is 142 cm³/mol. The number of rotatable bonds is 8. The largest absolute Gasteiger partial charge is 0.481 e. The summed E-state index contributed by atoms with van der Waals surface area (Å²) in [7, 11) is 0. The van der Waals surface area contributed by atoms with Gasteiger partial charge in [-0.15, -0.1) is 0 Å². The van der Waals surface area contributed by atoms with Gasteiger partial charge in [-0.25, -0.2) is 9.48 Å². The fourth-order valence-corrected chi connectivity index (χ4v) is 5.60. The van der Waals surface area contributed by atoms with Crippen molar-refractivity contribution >= 4 is 23.6 Å². The van der Waals surface area contributed by atoms with Gasteiger partial charge in [0.25, 0.3) is 0 Å². The number of amides is 1. The quantitative estimate of drug-likeness (QED) is 0.394. The summed E-state index contributed by atoms with van der Waals surface area (Å²) in [6.45, 7) is 5.61. The number of carboxylic acid groups (broad SMARTS) is 1. The molecule has 2 heterocycles. The molecule has 8 nitrogen and oxygen atoms in total. The minimum atomic E-state index is -0.669. The Labute approximate surface area is 217 Å². The number of hydrogen-bond acceptors (Lipinski definition) is 5. The van der Waals surface area contributed by atoms with Crippen LogP contribution in [-0.2, 0) is 9.53 Å². The van der Waals surface area contributed by atoms with Gasteiger partial charge in [0.05, 0.1) is 18.3 Å². The van der Waals surface area contributed by atoms with Crippen molar-refractivity contribution < 1.29 is 19.4 Å². The van der Waals surface area contributed by atoms with Crippen LogP contribution in [0.25, 0.3) is 5.69 Å². The Bertz CT molecular complexity index is 1240. The average molecular weight is 503 g/mol. The van der Waals surface area contributed by atoms with Crippen LogP contribution in [-0.4, -0.2) is 40.0 Å². The molecule has 5 rings (SSSR count). The third-order valence-electron chi connectivity index (χ3n) is 7.94. The van der Waals surface area contributed by atoms with Crippen molar-refractivity contribution in [2.24, 2.45) is 11.3 Å². The maximum atomic E-state index is 12.6. The van der Waals surface area contributed by atoms with Gasteiger partial charge in [0.1, 0.15) is 11.9 Å². The highest BCUT2D eigenvalue weighted by Gasteiger charge is 2.50. The topological polar surface area (TPSA) is 96.7 Å². The van der Waals surface area contributed by atoms with E-state index in [4.69, 9.17) is 4.74 Å². The van der Waals surface area contributed by atoms with Crippen molar-refractivity contribution in [2.45, 2.75) is 52.1 Å². The molecular weight excluding hydrogens is 468 g/mol. The van der Waals surface area contributed by atoms with Crippen molar-refractivity contribution in [3.8, 4) is 5.69 Å². The highest BCUT2D eigenvalue weighted by atomic mass is 16.6. The number of aliphatic carboxylic acids is 1. The Balaban J connectivity index is 1.21. The van der Waals surface area contributed by atoms with Gasteiger partial charge in [-0.3, -0.25) is 10.1 Å². The van der Waals surface area contributed by atoms with Gasteiger partial charge in [-0.1, -0.05) is 30.3 Å². The Hall–Kier alpha value is -3.81. The number of benzene rings is 2. The number of carboxylic acids is 1. The molecule has 2 aliphatic rings. The number of hydrogen-bond donors (Lipinski definition) is 2. The first-order valence-corrected chi connectivity index (χ1v) is 13.0. The van der Waals surface area contributed by atoms with Gasteiger partial charge in [-0.2, -0.15) is 5.10 Å². The molecule has 2 fully saturated rings. The molecule has 2 aromatic carbocycles. The smallest absolute Gasteiger partial charge is 0.413 e. The van der Waals surface area contributed by atoms with Gasteiger partial charge in [-0.05, 0) is 80.7 Å². The molecule has 0 radical (unpaired) electrons. The van der Waals surface area contributed by atoms with Gasteiger partial charge >= 0.3 is 12.1 Å². The van der Waals surface area contributed by atoms with E-state index in [9.17, 15) is 14.7 Å². The van der Waals surface area contributed by atoms with E-state index in [1.807, 2.05) is 56.3 Å². The predicted octanol–water partition coefficient (Wildman–Crippen LogP) is 5.96. The molecule has 1 aliphatic carbocycles. The number of nitrogens with one attached hydrogen (secondary N) is 1. The zero-order chi connectivity index (χ0) is 26.0. The van der Waals surface area contributed by atoms with E-state index >= 15 is 0 Å². The van der Waals surface area contributed by atoms with Crippen molar-refractivity contribution in [1.82, 2.24) is 9.78 Å². The Morgan fingerprint density at radius 2 is 1.73 bits per heavy atom. The van der Waals surface area contributed by atoms with Crippen molar-refractivity contribution in [1.29, 1.82) is 0 Å². The van der Waals surface area contributed by atoms with E-state index in [0.29, 0.717) is 18.2 Å². The number of piperidine rings is 1. The Morgan fingerprint density at radius 1 is 1.08 bits per heavy atom. The molecule has 1 aliphatic heterocycles. The second-order valence-electron chi connectivity index (χ2n) is 10.4. The minimum Gasteiger partial charge on any atom is -0.481 e. The molecule has 1 atom stereocenters. The van der Waals surface area contributed by atoms with Gasteiger partial charge < -0.3 is 14.7 Å². The number of nitrogens with zero attached hydrogens (tertiary/aromatic N) is 3.